The predicted octanol–water partition coefficient (Wildman–Crippen LogP) is 3.92. The van der Waals surface area contributed by atoms with Gasteiger partial charge in [0.2, 0.25) is 0 Å². The van der Waals surface area contributed by atoms with E-state index in [1.807, 2.05) is 0 Å². The average Bonchev–Trinajstić information content (AvgIpc) is 2.83. The summed E-state index contributed by atoms with van der Waals surface area (Å²) in [4.78, 5) is 10.9. The van der Waals surface area contributed by atoms with Crippen molar-refractivity contribution in [3.63, 3.8) is 0 Å². The quantitative estimate of drug-likeness (QED) is 0.409. The summed E-state index contributed by atoms with van der Waals surface area (Å²) in [5.74, 6) is -3.80. The highest BCUT2D eigenvalue weighted by atomic mass is 19.2. The molecular formula is C27H24F6N2O4. The molecule has 12 heteroatoms. The van der Waals surface area contributed by atoms with Gasteiger partial charge in [-0.3, -0.25) is 4.79 Å². The second-order valence-corrected chi connectivity index (χ2v) is 9.18. The summed E-state index contributed by atoms with van der Waals surface area (Å²) in [6.07, 6.45) is 0.970. The van der Waals surface area contributed by atoms with Crippen molar-refractivity contribution < 1.29 is 45.3 Å². The molecule has 4 N–H and O–H groups in total. The minimum absolute atomic E-state index is 0.000926. The molecule has 3 heterocycles. The van der Waals surface area contributed by atoms with Gasteiger partial charge in [0.25, 0.3) is 0 Å². The van der Waals surface area contributed by atoms with Crippen molar-refractivity contribution in [2.45, 2.75) is 31.3 Å². The van der Waals surface area contributed by atoms with Crippen LogP contribution in [0, 0.1) is 34.9 Å². The third-order valence-corrected chi connectivity index (χ3v) is 5.87. The first-order valence-electron chi connectivity index (χ1n) is 11.8. The number of carbonyl (C=O) groups excluding carboxylic acids is 1. The van der Waals surface area contributed by atoms with Crippen molar-refractivity contribution in [2.75, 3.05) is 19.8 Å². The fourth-order valence-corrected chi connectivity index (χ4v) is 4.24. The predicted molar refractivity (Wildman–Crippen MR) is 128 cm³/mol. The summed E-state index contributed by atoms with van der Waals surface area (Å²) in [5, 5.41) is 0. The Morgan fingerprint density at radius 3 is 1.41 bits per heavy atom. The summed E-state index contributed by atoms with van der Waals surface area (Å²) in [5.41, 5.74) is 12.5. The number of nitrogens with two attached hydrogens (primary N) is 2. The molecule has 39 heavy (non-hydrogen) atoms. The molecule has 0 aromatic heterocycles. The van der Waals surface area contributed by atoms with E-state index in [4.69, 9.17) is 25.7 Å². The first-order valence-corrected chi connectivity index (χ1v) is 11.8. The van der Waals surface area contributed by atoms with E-state index in [2.05, 4.69) is 0 Å². The third kappa shape index (κ3) is 7.01. The Morgan fingerprint density at radius 2 is 0.974 bits per heavy atom. The van der Waals surface area contributed by atoms with Crippen LogP contribution in [0.3, 0.4) is 0 Å². The van der Waals surface area contributed by atoms with Gasteiger partial charge >= 0.3 is 0 Å². The molecule has 0 fully saturated rings. The van der Waals surface area contributed by atoms with Crippen LogP contribution >= 0.6 is 0 Å². The van der Waals surface area contributed by atoms with E-state index in [1.165, 1.54) is 12.1 Å². The van der Waals surface area contributed by atoms with Gasteiger partial charge in [-0.25, -0.2) is 26.3 Å². The number of Topliss-reactive ketones (excluding diaryl/α,β-unsaturated/α-hetero) is 1. The maximum Gasteiger partial charge on any atom is 0.174 e. The number of ether oxygens (including phenoxy) is 3. The lowest BCUT2D eigenvalue weighted by molar-refractivity contribution is -0.121. The molecule has 0 spiro atoms. The lowest BCUT2D eigenvalue weighted by Crippen LogP contribution is -2.34. The van der Waals surface area contributed by atoms with E-state index in [-0.39, 0.29) is 66.9 Å². The molecule has 0 saturated heterocycles. The minimum atomic E-state index is -0.748. The first-order chi connectivity index (χ1) is 18.5. The zero-order valence-corrected chi connectivity index (χ0v) is 20.4. The molecule has 0 radical (unpaired) electrons. The van der Waals surface area contributed by atoms with Crippen LogP contribution < -0.4 is 25.7 Å². The topological polar surface area (TPSA) is 96.8 Å². The lowest BCUT2D eigenvalue weighted by atomic mass is 10.0. The van der Waals surface area contributed by atoms with E-state index in [9.17, 15) is 31.1 Å². The smallest absolute Gasteiger partial charge is 0.174 e. The van der Waals surface area contributed by atoms with Crippen molar-refractivity contribution in [1.82, 2.24) is 0 Å². The second kappa shape index (κ2) is 12.0. The molecule has 208 valence electrons. The Kier molecular flexibility index (Phi) is 8.66. The summed E-state index contributed by atoms with van der Waals surface area (Å²) >= 11 is 0. The van der Waals surface area contributed by atoms with Gasteiger partial charge in [-0.05, 0) is 31.0 Å². The van der Waals surface area contributed by atoms with Gasteiger partial charge in [0.05, 0.1) is 0 Å². The number of halogens is 6. The number of benzene rings is 3. The Bertz CT molecular complexity index is 1320. The molecule has 6 rings (SSSR count). The van der Waals surface area contributed by atoms with Crippen LogP contribution in [0.15, 0.2) is 36.4 Å². The van der Waals surface area contributed by atoms with Crippen molar-refractivity contribution >= 4 is 5.78 Å². The number of hydrogen-bond donors (Lipinski definition) is 2. The highest BCUT2D eigenvalue weighted by molar-refractivity contribution is 5.84. The second-order valence-electron chi connectivity index (χ2n) is 9.18. The Morgan fingerprint density at radius 1 is 0.590 bits per heavy atom. The summed E-state index contributed by atoms with van der Waals surface area (Å²) < 4.78 is 92.2. The van der Waals surface area contributed by atoms with Crippen LogP contribution in [0.5, 0.6) is 17.2 Å². The van der Waals surface area contributed by atoms with Crippen molar-refractivity contribution in [3.8, 4) is 17.2 Å². The van der Waals surface area contributed by atoms with Crippen LogP contribution in [0.4, 0.5) is 26.3 Å². The molecule has 0 saturated carbocycles. The molecule has 3 aliphatic heterocycles. The number of ketones is 1. The average molecular weight is 554 g/mol. The summed E-state index contributed by atoms with van der Waals surface area (Å²) in [6.45, 7) is 0.445. The first kappa shape index (κ1) is 28.2. The summed E-state index contributed by atoms with van der Waals surface area (Å²) in [7, 11) is 0. The number of carbonyl (C=O) groups is 1. The molecule has 3 aliphatic rings. The van der Waals surface area contributed by atoms with Crippen LogP contribution in [0.25, 0.3) is 0 Å². The van der Waals surface area contributed by atoms with Gasteiger partial charge < -0.3 is 25.7 Å². The molecule has 6 nitrogen and oxygen atoms in total. The SMILES string of the molecule is N[C@@H]1COc2c(F)cc(F)cc2C1.N[C@H]1COc2c(F)cc(F)cc2C1.O=C1COc2c(F)cc(F)cc2C1. The Balaban J connectivity index is 0.000000136. The standard InChI is InChI=1S/2C9H9F2NO.C9H6F2O2/c3*10-6-1-5-2-7(12)4-13-9(5)8(11)3-6/h2*1,3,7H,2,4,12H2;1,3H,2,4H2/t2*7-;/m10./s1. The number of fused-ring (bicyclic) bond motifs is 3. The molecule has 0 bridgehead atoms. The molecule has 0 unspecified atom stereocenters. The van der Waals surface area contributed by atoms with Gasteiger partial charge in [-0.1, -0.05) is 0 Å². The van der Waals surface area contributed by atoms with E-state index < -0.39 is 34.9 Å². The minimum Gasteiger partial charge on any atom is -0.489 e. The number of rotatable bonds is 0. The van der Waals surface area contributed by atoms with Gasteiger partial charge in [-0.2, -0.15) is 0 Å². The van der Waals surface area contributed by atoms with E-state index in [0.717, 1.165) is 24.3 Å². The molecular weight excluding hydrogens is 530 g/mol. The van der Waals surface area contributed by atoms with Gasteiger partial charge in [0.1, 0.15) is 37.3 Å². The van der Waals surface area contributed by atoms with Crippen LogP contribution in [0.1, 0.15) is 16.7 Å². The van der Waals surface area contributed by atoms with Gasteiger partial charge in [0, 0.05) is 53.4 Å². The highest BCUT2D eigenvalue weighted by Crippen LogP contribution is 2.30. The fraction of sp³-hybridized carbons (Fsp3) is 0.296. The van der Waals surface area contributed by atoms with E-state index in [1.54, 1.807) is 0 Å². The van der Waals surface area contributed by atoms with Crippen LogP contribution in [-0.2, 0) is 24.1 Å². The van der Waals surface area contributed by atoms with E-state index in [0.29, 0.717) is 24.0 Å². The van der Waals surface area contributed by atoms with Gasteiger partial charge in [0.15, 0.2) is 40.5 Å². The van der Waals surface area contributed by atoms with Crippen molar-refractivity contribution in [1.29, 1.82) is 0 Å². The van der Waals surface area contributed by atoms with Crippen LogP contribution in [0.2, 0.25) is 0 Å². The largest absolute Gasteiger partial charge is 0.489 e. The van der Waals surface area contributed by atoms with Crippen molar-refractivity contribution in [2.24, 2.45) is 11.5 Å². The molecule has 2 atom stereocenters. The van der Waals surface area contributed by atoms with Gasteiger partial charge in [-0.15, -0.1) is 0 Å². The summed E-state index contributed by atoms with van der Waals surface area (Å²) in [6, 6.07) is 5.67. The van der Waals surface area contributed by atoms with E-state index >= 15 is 0 Å². The Hall–Kier alpha value is -3.77. The fourth-order valence-electron chi connectivity index (χ4n) is 4.24. The zero-order chi connectivity index (χ0) is 28.3. The molecule has 3 aromatic carbocycles. The van der Waals surface area contributed by atoms with Crippen LogP contribution in [-0.4, -0.2) is 37.7 Å². The molecule has 0 amide bonds. The zero-order valence-electron chi connectivity index (χ0n) is 20.4. The Labute approximate surface area is 219 Å². The molecule has 3 aromatic rings. The monoisotopic (exact) mass is 554 g/mol. The third-order valence-electron chi connectivity index (χ3n) is 5.87. The maximum atomic E-state index is 13.1. The lowest BCUT2D eigenvalue weighted by Gasteiger charge is -2.22. The van der Waals surface area contributed by atoms with Crippen molar-refractivity contribution in [3.05, 3.63) is 88.0 Å². The highest BCUT2D eigenvalue weighted by Gasteiger charge is 2.23. The normalized spacial score (nSPS) is 18.8. The molecule has 0 aliphatic carbocycles. The maximum absolute atomic E-state index is 13.1. The number of hydrogen-bond acceptors (Lipinski definition) is 6.